The van der Waals surface area contributed by atoms with E-state index in [-0.39, 0.29) is 35.6 Å². The van der Waals surface area contributed by atoms with Crippen molar-refractivity contribution in [2.75, 3.05) is 16.8 Å². The zero-order valence-corrected chi connectivity index (χ0v) is 20.3. The lowest BCUT2D eigenvalue weighted by Crippen LogP contribution is -2.39. The summed E-state index contributed by atoms with van der Waals surface area (Å²) in [6.45, 7) is 1.11. The van der Waals surface area contributed by atoms with Gasteiger partial charge in [0.05, 0.1) is 12.2 Å². The molecular formula is C27H29N5O4. The molecule has 0 radical (unpaired) electrons. The highest BCUT2D eigenvalue weighted by molar-refractivity contribution is 6.08. The molecule has 1 aliphatic carbocycles. The van der Waals surface area contributed by atoms with Gasteiger partial charge in [-0.3, -0.25) is 19.3 Å². The van der Waals surface area contributed by atoms with E-state index >= 15 is 0 Å². The molecule has 2 amide bonds. The summed E-state index contributed by atoms with van der Waals surface area (Å²) in [7, 11) is 1.63. The molecular weight excluding hydrogens is 458 g/mol. The van der Waals surface area contributed by atoms with E-state index in [1.54, 1.807) is 36.5 Å². The Bertz CT molecular complexity index is 1450. The van der Waals surface area contributed by atoms with Crippen molar-refractivity contribution < 1.29 is 14.7 Å². The first-order chi connectivity index (χ1) is 17.5. The van der Waals surface area contributed by atoms with Crippen LogP contribution in [-0.2, 0) is 37.8 Å². The molecule has 2 aliphatic heterocycles. The number of carbonyl (C=O) groups is 2. The smallest absolute Gasteiger partial charge is 0.274 e. The third-order valence-corrected chi connectivity index (χ3v) is 7.55. The van der Waals surface area contributed by atoms with Gasteiger partial charge in [0.2, 0.25) is 5.91 Å². The summed E-state index contributed by atoms with van der Waals surface area (Å²) in [6.07, 6.45) is 8.96. The Morgan fingerprint density at radius 1 is 1.14 bits per heavy atom. The van der Waals surface area contributed by atoms with Gasteiger partial charge >= 0.3 is 0 Å². The van der Waals surface area contributed by atoms with E-state index in [4.69, 9.17) is 0 Å². The fourth-order valence-electron chi connectivity index (χ4n) is 5.50. The average molecular weight is 488 g/mol. The lowest BCUT2D eigenvalue weighted by atomic mass is 10.00. The molecule has 3 aliphatic rings. The van der Waals surface area contributed by atoms with Gasteiger partial charge in [0.15, 0.2) is 0 Å². The Balaban J connectivity index is 1.39. The van der Waals surface area contributed by atoms with E-state index in [0.29, 0.717) is 29.1 Å². The van der Waals surface area contributed by atoms with Crippen molar-refractivity contribution in [1.29, 1.82) is 0 Å². The van der Waals surface area contributed by atoms with Crippen LogP contribution in [0.1, 0.15) is 53.0 Å². The SMILES string of the molecule is Cn1cc(-c2ccnc(N3CCc4c(cc5n4CCCC5)C3=O)c2CO)cc(NC(=O)C2CC2)c1=O. The van der Waals surface area contributed by atoms with Crippen molar-refractivity contribution in [3.63, 3.8) is 0 Å². The summed E-state index contributed by atoms with van der Waals surface area (Å²) >= 11 is 0. The van der Waals surface area contributed by atoms with Crippen LogP contribution in [-0.4, -0.2) is 37.6 Å². The zero-order valence-electron chi connectivity index (χ0n) is 20.3. The highest BCUT2D eigenvalue weighted by Gasteiger charge is 2.33. The van der Waals surface area contributed by atoms with E-state index < -0.39 is 0 Å². The van der Waals surface area contributed by atoms with Crippen LogP contribution in [0.2, 0.25) is 0 Å². The topological polar surface area (TPSA) is 109 Å². The quantitative estimate of drug-likeness (QED) is 0.575. The van der Waals surface area contributed by atoms with Gasteiger partial charge in [-0.05, 0) is 55.9 Å². The van der Waals surface area contributed by atoms with Crippen LogP contribution in [0.15, 0.2) is 35.4 Å². The molecule has 186 valence electrons. The molecule has 2 N–H and O–H groups in total. The summed E-state index contributed by atoms with van der Waals surface area (Å²) in [5.41, 5.74) is 4.77. The molecule has 6 rings (SSSR count). The fourth-order valence-corrected chi connectivity index (χ4v) is 5.50. The number of pyridine rings is 2. The predicted molar refractivity (Wildman–Crippen MR) is 135 cm³/mol. The van der Waals surface area contributed by atoms with Crippen molar-refractivity contribution >= 4 is 23.3 Å². The Morgan fingerprint density at radius 3 is 2.75 bits per heavy atom. The van der Waals surface area contributed by atoms with E-state index in [9.17, 15) is 19.5 Å². The van der Waals surface area contributed by atoms with Gasteiger partial charge in [-0.1, -0.05) is 0 Å². The van der Waals surface area contributed by atoms with Crippen molar-refractivity contribution in [3.05, 3.63) is 63.5 Å². The van der Waals surface area contributed by atoms with E-state index in [1.807, 2.05) is 6.07 Å². The Labute approximate surface area is 208 Å². The van der Waals surface area contributed by atoms with Crippen LogP contribution >= 0.6 is 0 Å². The van der Waals surface area contributed by atoms with Crippen molar-refractivity contribution in [3.8, 4) is 11.1 Å². The number of nitrogens with one attached hydrogen (secondary N) is 1. The largest absolute Gasteiger partial charge is 0.392 e. The highest BCUT2D eigenvalue weighted by atomic mass is 16.3. The number of amides is 2. The maximum Gasteiger partial charge on any atom is 0.274 e. The fraction of sp³-hybridized carbons (Fsp3) is 0.407. The zero-order chi connectivity index (χ0) is 25.0. The third-order valence-electron chi connectivity index (χ3n) is 7.55. The maximum absolute atomic E-state index is 13.6. The molecule has 9 nitrogen and oxygen atoms in total. The summed E-state index contributed by atoms with van der Waals surface area (Å²) < 4.78 is 3.72. The van der Waals surface area contributed by atoms with E-state index in [2.05, 4.69) is 14.9 Å². The monoisotopic (exact) mass is 487 g/mol. The Hall–Kier alpha value is -3.72. The van der Waals surface area contributed by atoms with Gasteiger partial charge in [0.1, 0.15) is 11.5 Å². The number of hydrogen-bond acceptors (Lipinski definition) is 5. The third kappa shape index (κ3) is 3.74. The number of aliphatic hydroxyl groups is 1. The molecule has 5 heterocycles. The highest BCUT2D eigenvalue weighted by Crippen LogP contribution is 2.35. The number of hydrogen-bond donors (Lipinski definition) is 2. The van der Waals surface area contributed by atoms with Crippen LogP contribution < -0.4 is 15.8 Å². The molecule has 0 aromatic carbocycles. The molecule has 0 bridgehead atoms. The minimum absolute atomic E-state index is 0.0334. The van der Waals surface area contributed by atoms with Gasteiger partial charge in [-0.25, -0.2) is 4.98 Å². The van der Waals surface area contributed by atoms with Gasteiger partial charge in [0, 0.05) is 67.4 Å². The van der Waals surface area contributed by atoms with E-state index in [0.717, 1.165) is 56.3 Å². The first kappa shape index (κ1) is 22.7. The van der Waals surface area contributed by atoms with Gasteiger partial charge in [-0.2, -0.15) is 0 Å². The Kier molecular flexibility index (Phi) is 5.52. The summed E-state index contributed by atoms with van der Waals surface area (Å²) in [6, 6.07) is 5.42. The summed E-state index contributed by atoms with van der Waals surface area (Å²) in [5.74, 6) is 0.142. The van der Waals surface area contributed by atoms with E-state index in [1.165, 1.54) is 10.3 Å². The molecule has 0 spiro atoms. The van der Waals surface area contributed by atoms with Crippen LogP contribution in [0.3, 0.4) is 0 Å². The normalized spacial score (nSPS) is 17.1. The van der Waals surface area contributed by atoms with Crippen LogP contribution in [0.25, 0.3) is 11.1 Å². The minimum atomic E-state index is -0.325. The van der Waals surface area contributed by atoms with Crippen LogP contribution in [0, 0.1) is 5.92 Å². The maximum atomic E-state index is 13.6. The molecule has 36 heavy (non-hydrogen) atoms. The number of nitrogens with zero attached hydrogens (tertiary/aromatic N) is 4. The molecule has 3 aromatic heterocycles. The van der Waals surface area contributed by atoms with Gasteiger partial charge < -0.3 is 19.6 Å². The van der Waals surface area contributed by atoms with Crippen LogP contribution in [0.5, 0.6) is 0 Å². The second-order valence-corrected chi connectivity index (χ2v) is 9.95. The summed E-state index contributed by atoms with van der Waals surface area (Å²) in [5, 5.41) is 13.2. The number of carbonyl (C=O) groups excluding carboxylic acids is 2. The van der Waals surface area contributed by atoms with Gasteiger partial charge in [-0.15, -0.1) is 0 Å². The van der Waals surface area contributed by atoms with Crippen molar-refractivity contribution in [2.45, 2.75) is 51.7 Å². The number of aromatic nitrogens is 3. The van der Waals surface area contributed by atoms with Gasteiger partial charge in [0.25, 0.3) is 11.5 Å². The Morgan fingerprint density at radius 2 is 1.97 bits per heavy atom. The lowest BCUT2D eigenvalue weighted by molar-refractivity contribution is -0.117. The average Bonchev–Trinajstić information content (AvgIpc) is 3.67. The molecule has 1 saturated carbocycles. The minimum Gasteiger partial charge on any atom is -0.392 e. The molecule has 0 unspecified atom stereocenters. The molecule has 9 heteroatoms. The molecule has 1 fully saturated rings. The number of aryl methyl sites for hydroxylation is 2. The standard InChI is InChI=1S/C27H29N5O4/c1-30-14-17(12-22(27(30)36)29-25(34)16-5-6-16)19-7-9-28-24(21(19)15-33)32-11-8-23-20(26(32)35)13-18-4-2-3-10-31(18)23/h7,9,12-14,16,33H,2-6,8,10-11,15H2,1H3,(H,29,34). The van der Waals surface area contributed by atoms with Crippen molar-refractivity contribution in [2.24, 2.45) is 13.0 Å². The number of aliphatic hydroxyl groups excluding tert-OH is 1. The second kappa shape index (κ2) is 8.74. The summed E-state index contributed by atoms with van der Waals surface area (Å²) in [4.78, 5) is 44.8. The molecule has 0 saturated heterocycles. The number of fused-ring (bicyclic) bond motifs is 3. The first-order valence-corrected chi connectivity index (χ1v) is 12.6. The lowest BCUT2D eigenvalue weighted by Gasteiger charge is -2.29. The van der Waals surface area contributed by atoms with Crippen LogP contribution in [0.4, 0.5) is 11.5 Å². The molecule has 3 aromatic rings. The first-order valence-electron chi connectivity index (χ1n) is 12.6. The number of anilines is 2. The van der Waals surface area contributed by atoms with Crippen molar-refractivity contribution in [1.82, 2.24) is 14.1 Å². The number of rotatable bonds is 5. The molecule has 0 atom stereocenters. The predicted octanol–water partition coefficient (Wildman–Crippen LogP) is 2.63. The second-order valence-electron chi connectivity index (χ2n) is 9.95.